The third-order valence-corrected chi connectivity index (χ3v) is 7.19. The summed E-state index contributed by atoms with van der Waals surface area (Å²) in [6, 6.07) is 17.6. The second-order valence-corrected chi connectivity index (χ2v) is 11.3. The molecule has 166 valence electrons. The van der Waals surface area contributed by atoms with Gasteiger partial charge in [0.2, 0.25) is 0 Å². The lowest BCUT2D eigenvalue weighted by Gasteiger charge is -2.22. The summed E-state index contributed by atoms with van der Waals surface area (Å²) in [6.45, 7) is 11.4. The molecule has 0 aliphatic rings. The van der Waals surface area contributed by atoms with Crippen molar-refractivity contribution in [2.45, 2.75) is 46.5 Å². The third-order valence-electron chi connectivity index (χ3n) is 6.23. The Balaban J connectivity index is 1.68. The van der Waals surface area contributed by atoms with Crippen molar-refractivity contribution < 1.29 is 0 Å². The second kappa shape index (κ2) is 8.39. The van der Waals surface area contributed by atoms with Crippen molar-refractivity contribution >= 4 is 32.2 Å². The van der Waals surface area contributed by atoms with Crippen molar-refractivity contribution in [1.82, 2.24) is 9.97 Å². The predicted molar refractivity (Wildman–Crippen MR) is 143 cm³/mol. The smallest absolute Gasteiger partial charge is 0.0708 e. The van der Waals surface area contributed by atoms with E-state index in [1.807, 2.05) is 18.6 Å². The number of rotatable bonds is 4. The van der Waals surface area contributed by atoms with Gasteiger partial charge in [-0.1, -0.05) is 58.9 Å². The molecule has 2 aromatic carbocycles. The number of pyridine rings is 2. The first-order valence-corrected chi connectivity index (χ1v) is 12.5. The molecule has 0 N–H and O–H groups in total. The fourth-order valence-electron chi connectivity index (χ4n) is 4.70. The van der Waals surface area contributed by atoms with Crippen molar-refractivity contribution in [3.8, 4) is 22.4 Å². The molecular formula is C30H30N2S. The summed E-state index contributed by atoms with van der Waals surface area (Å²) in [5, 5.41) is 6.22. The van der Waals surface area contributed by atoms with Crippen LogP contribution in [0.5, 0.6) is 0 Å². The maximum absolute atomic E-state index is 4.79. The normalized spacial score (nSPS) is 12.2. The summed E-state index contributed by atoms with van der Waals surface area (Å²) in [7, 11) is 0. The second-order valence-electron chi connectivity index (χ2n) is 10.3. The van der Waals surface area contributed by atoms with Crippen LogP contribution in [0, 0.1) is 5.92 Å². The lowest BCUT2D eigenvalue weighted by molar-refractivity contribution is 0.596. The van der Waals surface area contributed by atoms with E-state index in [0.29, 0.717) is 5.92 Å². The highest BCUT2D eigenvalue weighted by molar-refractivity contribution is 7.17. The average Bonchev–Trinajstić information content (AvgIpc) is 3.20. The van der Waals surface area contributed by atoms with Gasteiger partial charge in [0, 0.05) is 35.1 Å². The molecule has 3 heterocycles. The lowest BCUT2D eigenvalue weighted by atomic mass is 9.82. The van der Waals surface area contributed by atoms with E-state index in [-0.39, 0.29) is 5.41 Å². The van der Waals surface area contributed by atoms with Crippen LogP contribution in [-0.4, -0.2) is 9.97 Å². The first kappa shape index (κ1) is 21.8. The van der Waals surface area contributed by atoms with Gasteiger partial charge in [-0.25, -0.2) is 0 Å². The summed E-state index contributed by atoms with van der Waals surface area (Å²) >= 11 is 1.79. The van der Waals surface area contributed by atoms with Crippen LogP contribution in [0.4, 0.5) is 0 Å². The molecule has 0 fully saturated rings. The number of hydrogen-bond donors (Lipinski definition) is 0. The van der Waals surface area contributed by atoms with Gasteiger partial charge in [-0.3, -0.25) is 9.97 Å². The van der Waals surface area contributed by atoms with Crippen LogP contribution in [0.1, 0.15) is 45.7 Å². The summed E-state index contributed by atoms with van der Waals surface area (Å²) in [4.78, 5) is 9.35. The van der Waals surface area contributed by atoms with E-state index in [1.54, 1.807) is 11.3 Å². The zero-order valence-electron chi connectivity index (χ0n) is 20.0. The van der Waals surface area contributed by atoms with E-state index in [4.69, 9.17) is 4.98 Å². The van der Waals surface area contributed by atoms with E-state index in [0.717, 1.165) is 17.7 Å². The van der Waals surface area contributed by atoms with Gasteiger partial charge >= 0.3 is 0 Å². The number of benzene rings is 2. The van der Waals surface area contributed by atoms with Crippen LogP contribution >= 0.6 is 11.3 Å². The molecule has 3 aromatic heterocycles. The summed E-state index contributed by atoms with van der Waals surface area (Å²) < 4.78 is 1.25. The molecule has 3 heteroatoms. The molecule has 0 unspecified atom stereocenters. The maximum Gasteiger partial charge on any atom is 0.0708 e. The Kier molecular flexibility index (Phi) is 5.54. The molecule has 0 spiro atoms. The highest BCUT2D eigenvalue weighted by Crippen LogP contribution is 2.38. The van der Waals surface area contributed by atoms with Crippen LogP contribution in [0.2, 0.25) is 0 Å². The van der Waals surface area contributed by atoms with Gasteiger partial charge in [0.1, 0.15) is 0 Å². The van der Waals surface area contributed by atoms with Gasteiger partial charge in [-0.2, -0.15) is 0 Å². The third kappa shape index (κ3) is 4.18. The largest absolute Gasteiger partial charge is 0.263 e. The van der Waals surface area contributed by atoms with Gasteiger partial charge in [0.05, 0.1) is 10.4 Å². The molecule has 33 heavy (non-hydrogen) atoms. The molecule has 0 amide bonds. The standard InChI is InChI=1S/C30H30N2S/c1-19(2)12-23-18-33-28-17-31-16-25(29(23)28)21-10-11-32-27(15-21)22-13-20-8-6-7-9-24(20)26(14-22)30(3,4)5/h6-11,13-19H,12H2,1-5H3. The Bertz CT molecular complexity index is 1450. The molecule has 0 saturated heterocycles. The fourth-order valence-corrected chi connectivity index (χ4v) is 5.66. The number of thiophene rings is 1. The van der Waals surface area contributed by atoms with Crippen LogP contribution in [0.15, 0.2) is 72.5 Å². The van der Waals surface area contributed by atoms with Crippen molar-refractivity contribution in [2.75, 3.05) is 0 Å². The molecular weight excluding hydrogens is 420 g/mol. The molecule has 0 aliphatic carbocycles. The lowest BCUT2D eigenvalue weighted by Crippen LogP contribution is -2.12. The number of aromatic nitrogens is 2. The molecule has 0 saturated carbocycles. The molecule has 0 bridgehead atoms. The van der Waals surface area contributed by atoms with Crippen LogP contribution in [0.25, 0.3) is 43.2 Å². The summed E-state index contributed by atoms with van der Waals surface area (Å²) in [5.41, 5.74) is 7.35. The molecule has 0 atom stereocenters. The molecule has 5 aromatic rings. The van der Waals surface area contributed by atoms with E-state index in [1.165, 1.54) is 43.1 Å². The zero-order chi connectivity index (χ0) is 23.2. The number of fused-ring (bicyclic) bond motifs is 2. The highest BCUT2D eigenvalue weighted by Gasteiger charge is 2.19. The minimum atomic E-state index is 0.0468. The monoisotopic (exact) mass is 450 g/mol. The Morgan fingerprint density at radius 2 is 1.76 bits per heavy atom. The quantitative estimate of drug-likeness (QED) is 0.274. The van der Waals surface area contributed by atoms with E-state index in [9.17, 15) is 0 Å². The van der Waals surface area contributed by atoms with Gasteiger partial charge < -0.3 is 0 Å². The minimum absolute atomic E-state index is 0.0468. The van der Waals surface area contributed by atoms with Gasteiger partial charge in [0.15, 0.2) is 0 Å². The van der Waals surface area contributed by atoms with Gasteiger partial charge in [-0.15, -0.1) is 11.3 Å². The SMILES string of the molecule is CC(C)Cc1csc2cncc(-c3ccnc(-c4cc(C(C)(C)C)c5ccccc5c4)c3)c12. The Morgan fingerprint density at radius 3 is 2.55 bits per heavy atom. The Morgan fingerprint density at radius 1 is 0.939 bits per heavy atom. The maximum atomic E-state index is 4.79. The van der Waals surface area contributed by atoms with E-state index < -0.39 is 0 Å². The number of nitrogens with zero attached hydrogens (tertiary/aromatic N) is 2. The fraction of sp³-hybridized carbons (Fsp3) is 0.267. The molecule has 0 aliphatic heterocycles. The first-order valence-electron chi connectivity index (χ1n) is 11.7. The predicted octanol–water partition coefficient (Wildman–Crippen LogP) is 8.67. The first-order chi connectivity index (χ1) is 15.8. The van der Waals surface area contributed by atoms with Gasteiger partial charge in [-0.05, 0) is 74.9 Å². The Labute approximate surface area is 200 Å². The van der Waals surface area contributed by atoms with E-state index in [2.05, 4.69) is 93.5 Å². The topological polar surface area (TPSA) is 25.8 Å². The Hall–Kier alpha value is -3.04. The van der Waals surface area contributed by atoms with Crippen LogP contribution < -0.4 is 0 Å². The molecule has 2 nitrogen and oxygen atoms in total. The zero-order valence-corrected chi connectivity index (χ0v) is 20.8. The number of hydrogen-bond acceptors (Lipinski definition) is 3. The molecule has 0 radical (unpaired) electrons. The van der Waals surface area contributed by atoms with Crippen LogP contribution in [-0.2, 0) is 11.8 Å². The van der Waals surface area contributed by atoms with Crippen molar-refractivity contribution in [3.63, 3.8) is 0 Å². The minimum Gasteiger partial charge on any atom is -0.263 e. The van der Waals surface area contributed by atoms with Crippen LogP contribution in [0.3, 0.4) is 0 Å². The van der Waals surface area contributed by atoms with Crippen molar-refractivity contribution in [1.29, 1.82) is 0 Å². The van der Waals surface area contributed by atoms with Crippen molar-refractivity contribution in [3.05, 3.63) is 83.6 Å². The summed E-state index contributed by atoms with van der Waals surface area (Å²) in [5.74, 6) is 0.616. The van der Waals surface area contributed by atoms with Crippen molar-refractivity contribution in [2.24, 2.45) is 5.92 Å². The van der Waals surface area contributed by atoms with E-state index >= 15 is 0 Å². The summed E-state index contributed by atoms with van der Waals surface area (Å²) in [6.07, 6.45) is 7.02. The highest BCUT2D eigenvalue weighted by atomic mass is 32.1. The molecule has 5 rings (SSSR count). The van der Waals surface area contributed by atoms with Gasteiger partial charge in [0.25, 0.3) is 0 Å². The average molecular weight is 451 g/mol.